The molecular formula is C16H16N2O2. The molecule has 0 aliphatic carbocycles. The average molecular weight is 268 g/mol. The van der Waals surface area contributed by atoms with Gasteiger partial charge in [0.05, 0.1) is 0 Å². The van der Waals surface area contributed by atoms with Gasteiger partial charge >= 0.3 is 0 Å². The minimum atomic E-state index is -0.517. The van der Waals surface area contributed by atoms with E-state index < -0.39 is 5.91 Å². The van der Waals surface area contributed by atoms with Crippen molar-refractivity contribution in [3.8, 4) is 0 Å². The third-order valence-electron chi connectivity index (χ3n) is 3.16. The molecule has 2 aromatic rings. The number of rotatable bonds is 3. The van der Waals surface area contributed by atoms with Crippen LogP contribution in [0.1, 0.15) is 31.8 Å². The van der Waals surface area contributed by atoms with E-state index in [0.717, 1.165) is 11.1 Å². The Balaban J connectivity index is 2.30. The third-order valence-corrected chi connectivity index (χ3v) is 3.16. The number of carbonyl (C=O) groups is 2. The van der Waals surface area contributed by atoms with Crippen LogP contribution in [0.4, 0.5) is 5.69 Å². The van der Waals surface area contributed by atoms with Crippen molar-refractivity contribution < 1.29 is 9.59 Å². The second-order valence-corrected chi connectivity index (χ2v) is 4.66. The van der Waals surface area contributed by atoms with Crippen molar-refractivity contribution in [3.05, 3.63) is 64.7 Å². The first kappa shape index (κ1) is 13.8. The van der Waals surface area contributed by atoms with Crippen LogP contribution in [0.5, 0.6) is 0 Å². The zero-order chi connectivity index (χ0) is 14.7. The van der Waals surface area contributed by atoms with Gasteiger partial charge in [0.2, 0.25) is 5.91 Å². The Kier molecular flexibility index (Phi) is 3.84. The predicted octanol–water partition coefficient (Wildman–Crippen LogP) is 2.65. The van der Waals surface area contributed by atoms with E-state index in [4.69, 9.17) is 5.73 Å². The summed E-state index contributed by atoms with van der Waals surface area (Å²) in [5.41, 5.74) is 8.59. The topological polar surface area (TPSA) is 72.2 Å². The van der Waals surface area contributed by atoms with E-state index >= 15 is 0 Å². The lowest BCUT2D eigenvalue weighted by Crippen LogP contribution is -2.16. The first-order valence-corrected chi connectivity index (χ1v) is 6.26. The molecule has 4 heteroatoms. The molecule has 102 valence electrons. The summed E-state index contributed by atoms with van der Waals surface area (Å²) < 4.78 is 0. The van der Waals surface area contributed by atoms with E-state index in [2.05, 4.69) is 5.32 Å². The van der Waals surface area contributed by atoms with Gasteiger partial charge in [0.25, 0.3) is 5.91 Å². The number of hydrogen-bond acceptors (Lipinski definition) is 2. The van der Waals surface area contributed by atoms with Gasteiger partial charge < -0.3 is 11.1 Å². The second kappa shape index (κ2) is 5.57. The van der Waals surface area contributed by atoms with Gasteiger partial charge in [-0.2, -0.15) is 0 Å². The Labute approximate surface area is 117 Å². The number of hydrogen-bond donors (Lipinski definition) is 2. The number of aryl methyl sites for hydroxylation is 2. The van der Waals surface area contributed by atoms with Crippen LogP contribution in [0.2, 0.25) is 0 Å². The van der Waals surface area contributed by atoms with Crippen molar-refractivity contribution >= 4 is 17.5 Å². The van der Waals surface area contributed by atoms with E-state index in [1.54, 1.807) is 24.3 Å². The fourth-order valence-electron chi connectivity index (χ4n) is 1.93. The van der Waals surface area contributed by atoms with Gasteiger partial charge in [-0.25, -0.2) is 0 Å². The maximum Gasteiger partial charge on any atom is 0.255 e. The van der Waals surface area contributed by atoms with E-state index in [0.29, 0.717) is 16.8 Å². The summed E-state index contributed by atoms with van der Waals surface area (Å²) in [4.78, 5) is 23.4. The quantitative estimate of drug-likeness (QED) is 0.898. The maximum absolute atomic E-state index is 12.2. The van der Waals surface area contributed by atoms with Crippen LogP contribution < -0.4 is 11.1 Å². The second-order valence-electron chi connectivity index (χ2n) is 4.66. The molecule has 20 heavy (non-hydrogen) atoms. The van der Waals surface area contributed by atoms with Gasteiger partial charge in [-0.05, 0) is 43.2 Å². The highest BCUT2D eigenvalue weighted by atomic mass is 16.2. The number of benzene rings is 2. The van der Waals surface area contributed by atoms with Crippen LogP contribution in [-0.4, -0.2) is 11.8 Å². The van der Waals surface area contributed by atoms with Gasteiger partial charge in [0.1, 0.15) is 0 Å². The molecule has 0 heterocycles. The number of anilines is 1. The molecule has 0 fully saturated rings. The van der Waals surface area contributed by atoms with Crippen molar-refractivity contribution in [2.75, 3.05) is 5.32 Å². The number of primary amides is 1. The molecule has 0 aliphatic rings. The van der Waals surface area contributed by atoms with Crippen molar-refractivity contribution in [3.63, 3.8) is 0 Å². The Hall–Kier alpha value is -2.62. The summed E-state index contributed by atoms with van der Waals surface area (Å²) in [7, 11) is 0. The van der Waals surface area contributed by atoms with E-state index in [1.807, 2.05) is 32.0 Å². The Bertz CT molecular complexity index is 678. The predicted molar refractivity (Wildman–Crippen MR) is 78.8 cm³/mol. The molecule has 0 bridgehead atoms. The summed E-state index contributed by atoms with van der Waals surface area (Å²) in [6.07, 6.45) is 0. The molecule has 3 N–H and O–H groups in total. The Morgan fingerprint density at radius 2 is 1.70 bits per heavy atom. The minimum absolute atomic E-state index is 0.201. The first-order chi connectivity index (χ1) is 9.49. The van der Waals surface area contributed by atoms with Crippen LogP contribution in [-0.2, 0) is 0 Å². The highest BCUT2D eigenvalue weighted by Gasteiger charge is 2.11. The standard InChI is InChI=1S/C16H16N2O2/c1-10-5-3-4-6-13(10)16(20)18-14-9-12(15(17)19)8-7-11(14)2/h3-9H,1-2H3,(H2,17,19)(H,18,20). The smallest absolute Gasteiger partial charge is 0.255 e. The monoisotopic (exact) mass is 268 g/mol. The largest absolute Gasteiger partial charge is 0.366 e. The van der Waals surface area contributed by atoms with Crippen molar-refractivity contribution in [1.82, 2.24) is 0 Å². The SMILES string of the molecule is Cc1ccc(C(N)=O)cc1NC(=O)c1ccccc1C. The summed E-state index contributed by atoms with van der Waals surface area (Å²) in [5.74, 6) is -0.718. The molecule has 0 aliphatic heterocycles. The van der Waals surface area contributed by atoms with Crippen LogP contribution in [0, 0.1) is 13.8 Å². The lowest BCUT2D eigenvalue weighted by Gasteiger charge is -2.11. The van der Waals surface area contributed by atoms with Gasteiger partial charge in [-0.15, -0.1) is 0 Å². The highest BCUT2D eigenvalue weighted by Crippen LogP contribution is 2.18. The Morgan fingerprint density at radius 3 is 2.35 bits per heavy atom. The van der Waals surface area contributed by atoms with Crippen molar-refractivity contribution in [2.24, 2.45) is 5.73 Å². The number of nitrogens with two attached hydrogens (primary N) is 1. The van der Waals surface area contributed by atoms with Crippen LogP contribution >= 0.6 is 0 Å². The van der Waals surface area contributed by atoms with E-state index in [9.17, 15) is 9.59 Å². The zero-order valence-electron chi connectivity index (χ0n) is 11.4. The molecule has 0 radical (unpaired) electrons. The summed E-state index contributed by atoms with van der Waals surface area (Å²) in [6.45, 7) is 3.74. The zero-order valence-corrected chi connectivity index (χ0v) is 11.4. The van der Waals surface area contributed by atoms with Crippen molar-refractivity contribution in [1.29, 1.82) is 0 Å². The molecule has 0 saturated heterocycles. The summed E-state index contributed by atoms with van der Waals surface area (Å²) in [6, 6.07) is 12.3. The molecule has 0 spiro atoms. The molecule has 2 amide bonds. The molecular weight excluding hydrogens is 252 g/mol. The molecule has 0 atom stereocenters. The molecule has 0 unspecified atom stereocenters. The van der Waals surface area contributed by atoms with Crippen molar-refractivity contribution in [2.45, 2.75) is 13.8 Å². The molecule has 2 aromatic carbocycles. The molecule has 4 nitrogen and oxygen atoms in total. The van der Waals surface area contributed by atoms with Crippen LogP contribution in [0.15, 0.2) is 42.5 Å². The summed E-state index contributed by atoms with van der Waals surface area (Å²) in [5, 5.41) is 2.82. The molecule has 2 rings (SSSR count). The van der Waals surface area contributed by atoms with Gasteiger partial charge in [-0.1, -0.05) is 24.3 Å². The lowest BCUT2D eigenvalue weighted by atomic mass is 10.1. The van der Waals surface area contributed by atoms with E-state index in [1.165, 1.54) is 0 Å². The fraction of sp³-hybridized carbons (Fsp3) is 0.125. The van der Waals surface area contributed by atoms with Gasteiger partial charge in [-0.3, -0.25) is 9.59 Å². The summed E-state index contributed by atoms with van der Waals surface area (Å²) >= 11 is 0. The third kappa shape index (κ3) is 2.85. The average Bonchev–Trinajstić information content (AvgIpc) is 2.41. The van der Waals surface area contributed by atoms with Gasteiger partial charge in [0.15, 0.2) is 0 Å². The normalized spacial score (nSPS) is 10.1. The molecule has 0 aromatic heterocycles. The van der Waals surface area contributed by atoms with Gasteiger partial charge in [0, 0.05) is 16.8 Å². The number of carbonyl (C=O) groups excluding carboxylic acids is 2. The lowest BCUT2D eigenvalue weighted by molar-refractivity contribution is 0.0996. The number of nitrogens with one attached hydrogen (secondary N) is 1. The minimum Gasteiger partial charge on any atom is -0.366 e. The van der Waals surface area contributed by atoms with Crippen LogP contribution in [0.25, 0.3) is 0 Å². The highest BCUT2D eigenvalue weighted by molar-refractivity contribution is 6.06. The maximum atomic E-state index is 12.2. The number of amides is 2. The van der Waals surface area contributed by atoms with E-state index in [-0.39, 0.29) is 5.91 Å². The van der Waals surface area contributed by atoms with Crippen LogP contribution in [0.3, 0.4) is 0 Å². The Morgan fingerprint density at radius 1 is 1.00 bits per heavy atom. The first-order valence-electron chi connectivity index (χ1n) is 6.26. The fourth-order valence-corrected chi connectivity index (χ4v) is 1.93. The molecule has 0 saturated carbocycles.